The fourth-order valence-electron chi connectivity index (χ4n) is 1.75. The van der Waals surface area contributed by atoms with Gasteiger partial charge in [0.15, 0.2) is 6.10 Å². The molecule has 0 aromatic heterocycles. The monoisotopic (exact) mass is 228 g/mol. The largest absolute Gasteiger partial charge is 0.479 e. The average molecular weight is 228 g/mol. The zero-order chi connectivity index (χ0) is 12.3. The highest BCUT2D eigenvalue weighted by Crippen LogP contribution is 2.28. The van der Waals surface area contributed by atoms with Gasteiger partial charge in [0.25, 0.3) is 0 Å². The van der Waals surface area contributed by atoms with Crippen molar-refractivity contribution in [2.45, 2.75) is 6.10 Å². The van der Waals surface area contributed by atoms with Crippen LogP contribution >= 0.6 is 0 Å². The third-order valence-electron chi connectivity index (χ3n) is 2.57. The maximum absolute atomic E-state index is 10.8. The quantitative estimate of drug-likeness (QED) is 0.848. The Bertz CT molecular complexity index is 520. The van der Waals surface area contributed by atoms with Gasteiger partial charge in [-0.2, -0.15) is 0 Å². The molecule has 0 aliphatic rings. The highest BCUT2D eigenvalue weighted by Gasteiger charge is 2.19. The van der Waals surface area contributed by atoms with Gasteiger partial charge in [0.05, 0.1) is 0 Å². The van der Waals surface area contributed by atoms with Crippen molar-refractivity contribution in [1.29, 1.82) is 0 Å². The van der Waals surface area contributed by atoms with Crippen LogP contribution in [0.5, 0.6) is 0 Å². The van der Waals surface area contributed by atoms with E-state index in [1.165, 1.54) is 0 Å². The van der Waals surface area contributed by atoms with E-state index in [0.717, 1.165) is 11.1 Å². The fraction of sp³-hybridized carbons (Fsp3) is 0.0714. The molecule has 0 saturated heterocycles. The third-order valence-corrected chi connectivity index (χ3v) is 2.57. The summed E-state index contributed by atoms with van der Waals surface area (Å²) in [6.45, 7) is 0. The van der Waals surface area contributed by atoms with E-state index in [2.05, 4.69) is 0 Å². The molecule has 0 amide bonds. The summed E-state index contributed by atoms with van der Waals surface area (Å²) >= 11 is 0. The summed E-state index contributed by atoms with van der Waals surface area (Å²) < 4.78 is 0. The Labute approximate surface area is 99.0 Å². The standard InChI is InChI=1S/C14H12O3/c15-13(14(16)17)12-9-5-4-8-11(12)10-6-2-1-3-7-10/h1-9,13,15H,(H,16,17). The Morgan fingerprint density at radius 3 is 2.18 bits per heavy atom. The topological polar surface area (TPSA) is 57.5 Å². The van der Waals surface area contributed by atoms with Gasteiger partial charge in [0, 0.05) is 0 Å². The van der Waals surface area contributed by atoms with Crippen LogP contribution in [0.4, 0.5) is 0 Å². The minimum absolute atomic E-state index is 0.409. The molecule has 0 bridgehead atoms. The molecule has 17 heavy (non-hydrogen) atoms. The molecule has 0 fully saturated rings. The van der Waals surface area contributed by atoms with Gasteiger partial charge in [-0.1, -0.05) is 54.6 Å². The molecule has 0 spiro atoms. The molecule has 0 aliphatic heterocycles. The Balaban J connectivity index is 2.52. The van der Waals surface area contributed by atoms with Crippen LogP contribution in [0.2, 0.25) is 0 Å². The molecule has 0 heterocycles. The van der Waals surface area contributed by atoms with Crippen LogP contribution in [0, 0.1) is 0 Å². The normalized spacial score (nSPS) is 12.1. The minimum Gasteiger partial charge on any atom is -0.479 e. The number of hydrogen-bond donors (Lipinski definition) is 2. The summed E-state index contributed by atoms with van der Waals surface area (Å²) in [6, 6.07) is 16.4. The lowest BCUT2D eigenvalue weighted by Gasteiger charge is -2.12. The van der Waals surface area contributed by atoms with E-state index >= 15 is 0 Å². The van der Waals surface area contributed by atoms with Gasteiger partial charge in [-0.3, -0.25) is 0 Å². The molecule has 0 saturated carbocycles. The lowest BCUT2D eigenvalue weighted by Crippen LogP contribution is -2.11. The maximum Gasteiger partial charge on any atom is 0.337 e. The molecular weight excluding hydrogens is 216 g/mol. The number of carboxylic acids is 1. The molecule has 2 N–H and O–H groups in total. The molecule has 0 radical (unpaired) electrons. The van der Waals surface area contributed by atoms with Gasteiger partial charge in [-0.05, 0) is 16.7 Å². The molecule has 1 unspecified atom stereocenters. The first kappa shape index (κ1) is 11.4. The predicted molar refractivity (Wildman–Crippen MR) is 64.5 cm³/mol. The molecular formula is C14H12O3. The van der Waals surface area contributed by atoms with Gasteiger partial charge in [-0.15, -0.1) is 0 Å². The number of hydrogen-bond acceptors (Lipinski definition) is 2. The van der Waals surface area contributed by atoms with Crippen molar-refractivity contribution < 1.29 is 15.0 Å². The Hall–Kier alpha value is -2.13. The first-order chi connectivity index (χ1) is 8.20. The van der Waals surface area contributed by atoms with E-state index in [0.29, 0.717) is 5.56 Å². The second-order valence-corrected chi connectivity index (χ2v) is 3.69. The lowest BCUT2D eigenvalue weighted by molar-refractivity contribution is -0.146. The SMILES string of the molecule is O=C(O)C(O)c1ccccc1-c1ccccc1. The number of benzene rings is 2. The molecule has 3 nitrogen and oxygen atoms in total. The van der Waals surface area contributed by atoms with Crippen LogP contribution in [-0.4, -0.2) is 16.2 Å². The summed E-state index contributed by atoms with van der Waals surface area (Å²) in [5.74, 6) is -1.24. The molecule has 2 aromatic carbocycles. The van der Waals surface area contributed by atoms with Crippen molar-refractivity contribution >= 4 is 5.97 Å². The summed E-state index contributed by atoms with van der Waals surface area (Å²) in [6.07, 6.45) is -1.49. The summed E-state index contributed by atoms with van der Waals surface area (Å²) in [5, 5.41) is 18.5. The van der Waals surface area contributed by atoms with Crippen LogP contribution in [0.1, 0.15) is 11.7 Å². The van der Waals surface area contributed by atoms with Crippen LogP contribution in [0.3, 0.4) is 0 Å². The highest BCUT2D eigenvalue weighted by molar-refractivity contribution is 5.79. The molecule has 86 valence electrons. The highest BCUT2D eigenvalue weighted by atomic mass is 16.4. The summed E-state index contributed by atoms with van der Waals surface area (Å²) in [7, 11) is 0. The van der Waals surface area contributed by atoms with Crippen LogP contribution in [0.15, 0.2) is 54.6 Å². The van der Waals surface area contributed by atoms with Gasteiger partial charge >= 0.3 is 5.97 Å². The molecule has 0 aliphatic carbocycles. The van der Waals surface area contributed by atoms with E-state index in [4.69, 9.17) is 5.11 Å². The molecule has 2 rings (SSSR count). The van der Waals surface area contributed by atoms with Crippen LogP contribution in [-0.2, 0) is 4.79 Å². The van der Waals surface area contributed by atoms with Crippen LogP contribution in [0.25, 0.3) is 11.1 Å². The second kappa shape index (κ2) is 4.80. The van der Waals surface area contributed by atoms with Crippen molar-refractivity contribution in [3.8, 4) is 11.1 Å². The number of rotatable bonds is 3. The first-order valence-electron chi connectivity index (χ1n) is 5.25. The van der Waals surface area contributed by atoms with E-state index in [1.54, 1.807) is 18.2 Å². The Morgan fingerprint density at radius 2 is 1.53 bits per heavy atom. The smallest absolute Gasteiger partial charge is 0.337 e. The average Bonchev–Trinajstić information content (AvgIpc) is 2.39. The molecule has 3 heteroatoms. The number of carbonyl (C=O) groups is 1. The van der Waals surface area contributed by atoms with Crippen molar-refractivity contribution in [2.24, 2.45) is 0 Å². The third kappa shape index (κ3) is 2.34. The maximum atomic E-state index is 10.8. The van der Waals surface area contributed by atoms with E-state index in [9.17, 15) is 9.90 Å². The lowest BCUT2D eigenvalue weighted by atomic mass is 9.96. The van der Waals surface area contributed by atoms with Gasteiger partial charge in [0.1, 0.15) is 0 Å². The summed E-state index contributed by atoms with van der Waals surface area (Å²) in [5.41, 5.74) is 2.04. The Morgan fingerprint density at radius 1 is 0.941 bits per heavy atom. The second-order valence-electron chi connectivity index (χ2n) is 3.69. The van der Waals surface area contributed by atoms with Crippen molar-refractivity contribution in [3.05, 3.63) is 60.2 Å². The van der Waals surface area contributed by atoms with Crippen molar-refractivity contribution in [1.82, 2.24) is 0 Å². The summed E-state index contributed by atoms with van der Waals surface area (Å²) in [4.78, 5) is 10.8. The minimum atomic E-state index is -1.49. The van der Waals surface area contributed by atoms with Crippen LogP contribution < -0.4 is 0 Å². The zero-order valence-electron chi connectivity index (χ0n) is 9.08. The molecule has 2 aromatic rings. The zero-order valence-corrected chi connectivity index (χ0v) is 9.08. The van der Waals surface area contributed by atoms with Gasteiger partial charge in [0.2, 0.25) is 0 Å². The van der Waals surface area contributed by atoms with Gasteiger partial charge < -0.3 is 10.2 Å². The number of aliphatic hydroxyl groups is 1. The fourth-order valence-corrected chi connectivity index (χ4v) is 1.75. The van der Waals surface area contributed by atoms with E-state index in [-0.39, 0.29) is 0 Å². The molecule has 1 atom stereocenters. The predicted octanol–water partition coefficient (Wildman–Crippen LogP) is 2.47. The van der Waals surface area contributed by atoms with E-state index < -0.39 is 12.1 Å². The van der Waals surface area contributed by atoms with Gasteiger partial charge in [-0.25, -0.2) is 4.79 Å². The van der Waals surface area contributed by atoms with Crippen molar-refractivity contribution in [3.63, 3.8) is 0 Å². The number of aliphatic hydroxyl groups excluding tert-OH is 1. The Kier molecular flexibility index (Phi) is 3.21. The first-order valence-corrected chi connectivity index (χ1v) is 5.25. The number of carboxylic acid groups (broad SMARTS) is 1. The van der Waals surface area contributed by atoms with E-state index in [1.807, 2.05) is 36.4 Å². The number of aliphatic carboxylic acids is 1. The van der Waals surface area contributed by atoms with Crippen molar-refractivity contribution in [2.75, 3.05) is 0 Å².